The van der Waals surface area contributed by atoms with E-state index in [9.17, 15) is 41.1 Å². The van der Waals surface area contributed by atoms with Crippen LogP contribution in [0.25, 0.3) is 21.5 Å². The summed E-state index contributed by atoms with van der Waals surface area (Å²) in [6.45, 7) is -0.183. The maximum absolute atomic E-state index is 12.7. The zero-order valence-corrected chi connectivity index (χ0v) is 16.8. The van der Waals surface area contributed by atoms with Gasteiger partial charge in [-0.25, -0.2) is 4.79 Å². The number of carbonyl (C=O) groups excluding carboxylic acids is 1. The Balaban J connectivity index is 2.06. The number of ether oxygens (including phenoxy) is 1. The van der Waals surface area contributed by atoms with E-state index in [-0.39, 0.29) is 32.9 Å². The molecule has 0 saturated heterocycles. The molecule has 3 aromatic carbocycles. The van der Waals surface area contributed by atoms with Gasteiger partial charge in [-0.2, -0.15) is 21.6 Å². The van der Waals surface area contributed by atoms with E-state index in [4.69, 9.17) is 4.74 Å². The van der Waals surface area contributed by atoms with Crippen LogP contribution in [0.3, 0.4) is 0 Å². The van der Waals surface area contributed by atoms with Crippen LogP contribution in [0.4, 0.5) is 13.2 Å². The average Bonchev–Trinajstić information content (AvgIpc) is 2.65. The van der Waals surface area contributed by atoms with E-state index >= 15 is 0 Å². The van der Waals surface area contributed by atoms with E-state index in [2.05, 4.69) is 0 Å². The molecule has 0 radical (unpaired) electrons. The molecule has 3 aromatic rings. The highest BCUT2D eigenvalue weighted by atomic mass is 32.2. The fourth-order valence-corrected chi connectivity index (χ4v) is 3.86. The van der Waals surface area contributed by atoms with Gasteiger partial charge in [0.2, 0.25) is 0 Å². The standard InChI is InChI=1S/C20H17F3O7S/c1-19(26,20(21,22)23)8-9-30-18(25)12-5-2-4-11-14(12)10-15(24)13-6-3-7-16(17(11)13)31(27,28)29/h2-7,10,24,26H,8-9H2,1H3,(H,27,28,29). The number of phenolic OH excluding ortho intramolecular Hbond substituents is 1. The molecule has 3 rings (SSSR count). The molecule has 0 bridgehead atoms. The lowest BCUT2D eigenvalue weighted by Crippen LogP contribution is -2.43. The van der Waals surface area contributed by atoms with Gasteiger partial charge in [-0.3, -0.25) is 4.55 Å². The number of rotatable bonds is 5. The molecule has 0 aliphatic carbocycles. The molecule has 0 amide bonds. The molecule has 0 saturated carbocycles. The molecule has 0 aromatic heterocycles. The van der Waals surface area contributed by atoms with Crippen LogP contribution in [-0.4, -0.2) is 47.5 Å². The van der Waals surface area contributed by atoms with Crippen LogP contribution in [0.2, 0.25) is 0 Å². The molecule has 0 fully saturated rings. The predicted octanol–water partition coefficient (Wildman–Crippen LogP) is 3.81. The number of fused-ring (bicyclic) bond motifs is 3. The lowest BCUT2D eigenvalue weighted by atomic mass is 9.97. The first kappa shape index (κ1) is 22.8. The van der Waals surface area contributed by atoms with Crippen molar-refractivity contribution >= 4 is 37.6 Å². The lowest BCUT2D eigenvalue weighted by molar-refractivity contribution is -0.256. The van der Waals surface area contributed by atoms with Gasteiger partial charge in [-0.1, -0.05) is 24.3 Å². The van der Waals surface area contributed by atoms with Crippen molar-refractivity contribution < 1.29 is 45.9 Å². The van der Waals surface area contributed by atoms with Gasteiger partial charge in [0.15, 0.2) is 5.60 Å². The number of aliphatic hydroxyl groups is 1. The van der Waals surface area contributed by atoms with Gasteiger partial charge in [0, 0.05) is 22.6 Å². The summed E-state index contributed by atoms with van der Waals surface area (Å²) >= 11 is 0. The highest BCUT2D eigenvalue weighted by Crippen LogP contribution is 2.38. The maximum Gasteiger partial charge on any atom is 0.417 e. The van der Waals surface area contributed by atoms with Crippen LogP contribution < -0.4 is 0 Å². The van der Waals surface area contributed by atoms with Gasteiger partial charge in [-0.05, 0) is 30.5 Å². The van der Waals surface area contributed by atoms with E-state index in [1.807, 2.05) is 0 Å². The Morgan fingerprint density at radius 1 is 1.06 bits per heavy atom. The van der Waals surface area contributed by atoms with Crippen LogP contribution in [0.15, 0.2) is 47.4 Å². The summed E-state index contributed by atoms with van der Waals surface area (Å²) < 4.78 is 76.2. The van der Waals surface area contributed by atoms with Crippen molar-refractivity contribution in [2.24, 2.45) is 0 Å². The smallest absolute Gasteiger partial charge is 0.417 e. The van der Waals surface area contributed by atoms with Crippen LogP contribution in [-0.2, 0) is 14.9 Å². The van der Waals surface area contributed by atoms with Crippen molar-refractivity contribution in [2.45, 2.75) is 30.0 Å². The second-order valence-electron chi connectivity index (χ2n) is 7.11. The number of phenols is 1. The largest absolute Gasteiger partial charge is 0.507 e. The Bertz CT molecular complexity index is 1280. The molecular formula is C20H17F3O7S. The normalized spacial score (nSPS) is 14.5. The second kappa shape index (κ2) is 7.66. The fourth-order valence-electron chi connectivity index (χ4n) is 3.13. The summed E-state index contributed by atoms with van der Waals surface area (Å²) in [7, 11) is -4.68. The molecule has 31 heavy (non-hydrogen) atoms. The minimum absolute atomic E-state index is 0.0327. The summed E-state index contributed by atoms with van der Waals surface area (Å²) in [6.07, 6.45) is -5.80. The van der Waals surface area contributed by atoms with Crippen molar-refractivity contribution in [1.82, 2.24) is 0 Å². The zero-order valence-electron chi connectivity index (χ0n) is 16.0. The van der Waals surface area contributed by atoms with Gasteiger partial charge in [0.1, 0.15) is 10.6 Å². The van der Waals surface area contributed by atoms with E-state index < -0.39 is 45.8 Å². The number of esters is 1. The highest BCUT2D eigenvalue weighted by Gasteiger charge is 2.49. The number of hydrogen-bond acceptors (Lipinski definition) is 6. The number of aromatic hydroxyl groups is 1. The first-order valence-electron chi connectivity index (χ1n) is 8.85. The summed E-state index contributed by atoms with van der Waals surface area (Å²) in [6, 6.07) is 9.19. The summed E-state index contributed by atoms with van der Waals surface area (Å²) in [5, 5.41) is 20.1. The SMILES string of the molecule is CC(O)(CCOC(=O)c1cccc2c1cc(O)c1cccc(S(=O)(=O)O)c12)C(F)(F)F. The Morgan fingerprint density at radius 2 is 1.68 bits per heavy atom. The van der Waals surface area contributed by atoms with Crippen molar-refractivity contribution in [2.75, 3.05) is 6.61 Å². The first-order chi connectivity index (χ1) is 14.2. The quantitative estimate of drug-likeness (QED) is 0.302. The molecule has 0 aliphatic heterocycles. The minimum Gasteiger partial charge on any atom is -0.507 e. The second-order valence-corrected chi connectivity index (χ2v) is 8.50. The van der Waals surface area contributed by atoms with Crippen molar-refractivity contribution in [3.8, 4) is 5.75 Å². The maximum atomic E-state index is 12.7. The molecule has 0 spiro atoms. The van der Waals surface area contributed by atoms with Crippen LogP contribution in [0.1, 0.15) is 23.7 Å². The van der Waals surface area contributed by atoms with Crippen molar-refractivity contribution in [1.29, 1.82) is 0 Å². The van der Waals surface area contributed by atoms with Gasteiger partial charge in [-0.15, -0.1) is 0 Å². The summed E-state index contributed by atoms with van der Waals surface area (Å²) in [5.74, 6) is -1.42. The Hall–Kier alpha value is -2.89. The Labute approximate surface area is 174 Å². The third-order valence-electron chi connectivity index (χ3n) is 4.89. The van der Waals surface area contributed by atoms with Crippen LogP contribution in [0, 0.1) is 0 Å². The molecule has 11 heteroatoms. The van der Waals surface area contributed by atoms with Crippen LogP contribution >= 0.6 is 0 Å². The van der Waals surface area contributed by atoms with Crippen molar-refractivity contribution in [3.05, 3.63) is 48.0 Å². The molecule has 0 aliphatic rings. The predicted molar refractivity (Wildman–Crippen MR) is 105 cm³/mol. The molecule has 3 N–H and O–H groups in total. The summed E-state index contributed by atoms with van der Waals surface area (Å²) in [4.78, 5) is 12.0. The third-order valence-corrected chi connectivity index (χ3v) is 5.79. The van der Waals surface area contributed by atoms with Gasteiger partial charge in [0.05, 0.1) is 12.2 Å². The fraction of sp³-hybridized carbons (Fsp3) is 0.250. The molecular weight excluding hydrogens is 441 g/mol. The van der Waals surface area contributed by atoms with E-state index in [1.54, 1.807) is 0 Å². The molecule has 0 heterocycles. The highest BCUT2D eigenvalue weighted by molar-refractivity contribution is 7.86. The van der Waals surface area contributed by atoms with E-state index in [0.717, 1.165) is 6.07 Å². The number of benzene rings is 3. The van der Waals surface area contributed by atoms with Crippen LogP contribution in [0.5, 0.6) is 5.75 Å². The average molecular weight is 458 g/mol. The Kier molecular flexibility index (Phi) is 5.63. The lowest BCUT2D eigenvalue weighted by Gasteiger charge is -2.25. The monoisotopic (exact) mass is 458 g/mol. The molecule has 7 nitrogen and oxygen atoms in total. The number of halogens is 3. The number of alkyl halides is 3. The van der Waals surface area contributed by atoms with E-state index in [0.29, 0.717) is 6.92 Å². The minimum atomic E-state index is -4.91. The first-order valence-corrected chi connectivity index (χ1v) is 10.3. The number of carbonyl (C=O) groups is 1. The molecule has 1 unspecified atom stereocenters. The van der Waals surface area contributed by atoms with Gasteiger partial charge >= 0.3 is 12.1 Å². The molecule has 166 valence electrons. The third kappa shape index (κ3) is 4.29. The van der Waals surface area contributed by atoms with Gasteiger partial charge < -0.3 is 14.9 Å². The van der Waals surface area contributed by atoms with E-state index in [1.165, 1.54) is 36.4 Å². The topological polar surface area (TPSA) is 121 Å². The molecule has 1 atom stereocenters. The Morgan fingerprint density at radius 3 is 2.29 bits per heavy atom. The summed E-state index contributed by atoms with van der Waals surface area (Å²) in [5.41, 5.74) is -3.20. The van der Waals surface area contributed by atoms with Gasteiger partial charge in [0.25, 0.3) is 10.1 Å². The number of hydrogen-bond donors (Lipinski definition) is 3. The zero-order chi connectivity index (χ0) is 23.2. The van der Waals surface area contributed by atoms with Crippen molar-refractivity contribution in [3.63, 3.8) is 0 Å².